The number of fused-ring (bicyclic) bond motifs is 5. The minimum atomic E-state index is 0.410. The fourth-order valence-corrected chi connectivity index (χ4v) is 4.42. The first-order chi connectivity index (χ1) is 14.7. The van der Waals surface area contributed by atoms with Crippen molar-refractivity contribution in [3.63, 3.8) is 0 Å². The molecule has 0 bridgehead atoms. The molecule has 2 aromatic heterocycles. The summed E-state index contributed by atoms with van der Waals surface area (Å²) >= 11 is 0. The lowest BCUT2D eigenvalue weighted by atomic mass is 9.92. The predicted octanol–water partition coefficient (Wildman–Crippen LogP) is 7.47. The number of aromatic nitrogens is 2. The average molecular weight is 388 g/mol. The van der Waals surface area contributed by atoms with Gasteiger partial charge in [0, 0.05) is 10.9 Å². The van der Waals surface area contributed by atoms with E-state index in [0.29, 0.717) is 5.92 Å². The summed E-state index contributed by atoms with van der Waals surface area (Å²) < 4.78 is 6.33. The van der Waals surface area contributed by atoms with E-state index in [2.05, 4.69) is 90.5 Å². The van der Waals surface area contributed by atoms with Crippen molar-refractivity contribution in [1.82, 2.24) is 9.97 Å². The van der Waals surface area contributed by atoms with E-state index in [1.807, 2.05) is 6.07 Å². The van der Waals surface area contributed by atoms with Crippen LogP contribution in [-0.2, 0) is 0 Å². The number of furan rings is 1. The van der Waals surface area contributed by atoms with Gasteiger partial charge >= 0.3 is 0 Å². The maximum absolute atomic E-state index is 6.33. The Morgan fingerprint density at radius 1 is 0.733 bits per heavy atom. The molecule has 0 spiro atoms. The van der Waals surface area contributed by atoms with Crippen LogP contribution in [0.4, 0.5) is 0 Å². The Morgan fingerprint density at radius 3 is 2.27 bits per heavy atom. The van der Waals surface area contributed by atoms with Gasteiger partial charge < -0.3 is 4.42 Å². The maximum atomic E-state index is 6.33. The van der Waals surface area contributed by atoms with E-state index >= 15 is 0 Å². The van der Waals surface area contributed by atoms with Crippen LogP contribution < -0.4 is 0 Å². The number of nitrogens with zero attached hydrogens (tertiary/aromatic N) is 2. The van der Waals surface area contributed by atoms with Crippen LogP contribution >= 0.6 is 0 Å². The van der Waals surface area contributed by atoms with Crippen LogP contribution in [0.15, 0.2) is 83.5 Å². The van der Waals surface area contributed by atoms with Crippen LogP contribution in [-0.4, -0.2) is 9.97 Å². The topological polar surface area (TPSA) is 38.9 Å². The van der Waals surface area contributed by atoms with E-state index in [4.69, 9.17) is 4.42 Å². The van der Waals surface area contributed by atoms with Crippen LogP contribution in [0.3, 0.4) is 0 Å². The Balaban J connectivity index is 1.67. The van der Waals surface area contributed by atoms with Gasteiger partial charge in [0.1, 0.15) is 23.1 Å². The lowest BCUT2D eigenvalue weighted by Gasteiger charge is -2.13. The molecular weight excluding hydrogens is 368 g/mol. The molecule has 0 aliphatic heterocycles. The van der Waals surface area contributed by atoms with Gasteiger partial charge in [0.15, 0.2) is 5.58 Å². The largest absolute Gasteiger partial charge is 0.452 e. The fourth-order valence-electron chi connectivity index (χ4n) is 4.42. The second kappa shape index (κ2) is 6.39. The van der Waals surface area contributed by atoms with Crippen LogP contribution in [0.1, 0.15) is 25.3 Å². The minimum absolute atomic E-state index is 0.410. The molecule has 0 aliphatic rings. The van der Waals surface area contributed by atoms with Gasteiger partial charge in [0.25, 0.3) is 0 Å². The van der Waals surface area contributed by atoms with Gasteiger partial charge in [-0.3, -0.25) is 0 Å². The number of hydrogen-bond acceptors (Lipinski definition) is 3. The molecular formula is C27H20N2O. The second-order valence-corrected chi connectivity index (χ2v) is 8.14. The Kier molecular flexibility index (Phi) is 3.66. The zero-order valence-electron chi connectivity index (χ0n) is 16.9. The molecule has 0 saturated carbocycles. The zero-order chi connectivity index (χ0) is 20.2. The summed E-state index contributed by atoms with van der Waals surface area (Å²) in [6.45, 7) is 4.46. The molecule has 4 aromatic carbocycles. The summed E-state index contributed by atoms with van der Waals surface area (Å²) in [4.78, 5) is 9.22. The monoisotopic (exact) mass is 388 g/mol. The molecule has 0 unspecified atom stereocenters. The molecule has 0 atom stereocenters. The van der Waals surface area contributed by atoms with E-state index in [1.165, 1.54) is 21.7 Å². The van der Waals surface area contributed by atoms with Crippen molar-refractivity contribution in [2.75, 3.05) is 0 Å². The summed E-state index contributed by atoms with van der Waals surface area (Å²) in [5.74, 6) is 0.410. The fraction of sp³-hybridized carbons (Fsp3) is 0.111. The standard InChI is InChI=1S/C27H20N2O/c1-16(2)22-13-20(11-19-9-5-6-10-21(19)22)25-27-26(29-15-28-25)23-12-17-7-3-4-8-18(17)14-24(23)30-27/h3-16H,1-2H3. The molecule has 0 radical (unpaired) electrons. The summed E-state index contributed by atoms with van der Waals surface area (Å²) in [5.41, 5.74) is 5.67. The van der Waals surface area contributed by atoms with Gasteiger partial charge in [0.2, 0.25) is 0 Å². The molecule has 0 aliphatic carbocycles. The van der Waals surface area contributed by atoms with Crippen LogP contribution in [0.5, 0.6) is 0 Å². The third kappa shape index (κ3) is 2.52. The molecule has 6 rings (SSSR count). The molecule has 6 aromatic rings. The van der Waals surface area contributed by atoms with E-state index in [0.717, 1.165) is 38.7 Å². The van der Waals surface area contributed by atoms with Crippen molar-refractivity contribution in [1.29, 1.82) is 0 Å². The maximum Gasteiger partial charge on any atom is 0.180 e. The highest BCUT2D eigenvalue weighted by atomic mass is 16.3. The highest BCUT2D eigenvalue weighted by molar-refractivity contribution is 6.11. The van der Waals surface area contributed by atoms with Gasteiger partial charge in [-0.2, -0.15) is 0 Å². The number of hydrogen-bond donors (Lipinski definition) is 0. The molecule has 0 fully saturated rings. The van der Waals surface area contributed by atoms with Gasteiger partial charge in [-0.1, -0.05) is 62.4 Å². The molecule has 0 saturated heterocycles. The summed E-state index contributed by atoms with van der Waals surface area (Å²) in [6.07, 6.45) is 1.64. The Morgan fingerprint density at radius 2 is 1.47 bits per heavy atom. The SMILES string of the molecule is CC(C)c1cc(-c2ncnc3c2oc2cc4ccccc4cc23)cc2ccccc12. The van der Waals surface area contributed by atoms with Gasteiger partial charge in [0.05, 0.1) is 0 Å². The minimum Gasteiger partial charge on any atom is -0.452 e. The lowest BCUT2D eigenvalue weighted by Crippen LogP contribution is -1.93. The highest BCUT2D eigenvalue weighted by Gasteiger charge is 2.17. The Hall–Kier alpha value is -3.72. The molecule has 144 valence electrons. The molecule has 30 heavy (non-hydrogen) atoms. The lowest BCUT2D eigenvalue weighted by molar-refractivity contribution is 0.667. The van der Waals surface area contributed by atoms with Crippen molar-refractivity contribution in [2.24, 2.45) is 0 Å². The smallest absolute Gasteiger partial charge is 0.180 e. The third-order valence-corrected chi connectivity index (χ3v) is 5.91. The predicted molar refractivity (Wildman–Crippen MR) is 124 cm³/mol. The van der Waals surface area contributed by atoms with Crippen molar-refractivity contribution < 1.29 is 4.42 Å². The first kappa shape index (κ1) is 17.2. The van der Waals surface area contributed by atoms with Gasteiger partial charge in [-0.05, 0) is 57.3 Å². The van der Waals surface area contributed by atoms with Crippen molar-refractivity contribution in [3.8, 4) is 11.3 Å². The molecule has 3 heteroatoms. The van der Waals surface area contributed by atoms with Crippen LogP contribution in [0.25, 0.3) is 54.9 Å². The van der Waals surface area contributed by atoms with Crippen LogP contribution in [0.2, 0.25) is 0 Å². The van der Waals surface area contributed by atoms with Crippen molar-refractivity contribution in [2.45, 2.75) is 19.8 Å². The highest BCUT2D eigenvalue weighted by Crippen LogP contribution is 2.37. The quantitative estimate of drug-likeness (QED) is 0.309. The summed E-state index contributed by atoms with van der Waals surface area (Å²) in [5, 5.41) is 5.87. The van der Waals surface area contributed by atoms with Crippen LogP contribution in [0, 0.1) is 0 Å². The van der Waals surface area contributed by atoms with Crippen molar-refractivity contribution in [3.05, 3.63) is 84.7 Å². The van der Waals surface area contributed by atoms with E-state index in [9.17, 15) is 0 Å². The van der Waals surface area contributed by atoms with E-state index < -0.39 is 0 Å². The summed E-state index contributed by atoms with van der Waals surface area (Å²) in [7, 11) is 0. The zero-order valence-corrected chi connectivity index (χ0v) is 16.9. The first-order valence-electron chi connectivity index (χ1n) is 10.3. The normalized spacial score (nSPS) is 12.0. The second-order valence-electron chi connectivity index (χ2n) is 8.14. The Bertz CT molecular complexity index is 1580. The van der Waals surface area contributed by atoms with Gasteiger partial charge in [-0.15, -0.1) is 0 Å². The average Bonchev–Trinajstić information content (AvgIpc) is 3.14. The molecule has 2 heterocycles. The van der Waals surface area contributed by atoms with E-state index in [1.54, 1.807) is 6.33 Å². The summed E-state index contributed by atoms with van der Waals surface area (Å²) in [6, 6.07) is 25.6. The molecule has 3 nitrogen and oxygen atoms in total. The number of benzene rings is 4. The van der Waals surface area contributed by atoms with Crippen molar-refractivity contribution >= 4 is 43.6 Å². The third-order valence-electron chi connectivity index (χ3n) is 5.91. The van der Waals surface area contributed by atoms with Gasteiger partial charge in [-0.25, -0.2) is 9.97 Å². The Labute approximate surface area is 174 Å². The number of rotatable bonds is 2. The van der Waals surface area contributed by atoms with E-state index in [-0.39, 0.29) is 0 Å². The molecule has 0 N–H and O–H groups in total. The molecule has 0 amide bonds. The first-order valence-corrected chi connectivity index (χ1v) is 10.3.